The van der Waals surface area contributed by atoms with E-state index in [1.165, 1.54) is 0 Å². The maximum absolute atomic E-state index is 6.02. The molecule has 0 unspecified atom stereocenters. The first-order valence-electron chi connectivity index (χ1n) is 3.69. The van der Waals surface area contributed by atoms with Crippen LogP contribution in [0.4, 0.5) is 0 Å². The lowest BCUT2D eigenvalue weighted by atomic mass is 10.1. The van der Waals surface area contributed by atoms with Crippen molar-refractivity contribution in [2.45, 2.75) is 13.3 Å². The highest BCUT2D eigenvalue weighted by Gasteiger charge is 1.99. The molecule has 0 saturated heterocycles. The van der Waals surface area contributed by atoms with Crippen LogP contribution in [0.3, 0.4) is 0 Å². The average molecular weight is 206 g/mol. The summed E-state index contributed by atoms with van der Waals surface area (Å²) in [4.78, 5) is 0. The maximum Gasteiger partial charge on any atom is 0.0467 e. The summed E-state index contributed by atoms with van der Waals surface area (Å²) in [6.45, 7) is 2.66. The van der Waals surface area contributed by atoms with Crippen molar-refractivity contribution in [3.63, 3.8) is 0 Å². The molecule has 0 fully saturated rings. The third-order valence-corrected chi connectivity index (χ3v) is 2.23. The molecule has 12 heavy (non-hydrogen) atoms. The number of benzene rings is 1. The number of aryl methyl sites for hydroxylation is 1. The van der Waals surface area contributed by atoms with Gasteiger partial charge in [-0.05, 0) is 31.0 Å². The molecule has 0 aliphatic carbocycles. The average Bonchev–Trinajstić information content (AvgIpc) is 1.99. The highest BCUT2D eigenvalue weighted by Crippen LogP contribution is 2.19. The Hall–Kier alpha value is -0.240. The summed E-state index contributed by atoms with van der Waals surface area (Å²) in [6, 6.07) is 6.02. The van der Waals surface area contributed by atoms with E-state index >= 15 is 0 Å². The molecule has 0 heterocycles. The van der Waals surface area contributed by atoms with Crippen LogP contribution >= 0.6 is 24.0 Å². The van der Waals surface area contributed by atoms with Gasteiger partial charge in [0.05, 0.1) is 0 Å². The van der Waals surface area contributed by atoms with Crippen LogP contribution in [0.2, 0.25) is 5.02 Å². The van der Waals surface area contributed by atoms with Crippen LogP contribution in [0.15, 0.2) is 18.2 Å². The molecule has 1 aromatic rings. The Morgan fingerprint density at radius 2 is 2.08 bits per heavy atom. The minimum atomic E-state index is 0. The fourth-order valence-corrected chi connectivity index (χ4v) is 1.28. The highest BCUT2D eigenvalue weighted by atomic mass is 35.5. The van der Waals surface area contributed by atoms with Gasteiger partial charge < -0.3 is 5.73 Å². The van der Waals surface area contributed by atoms with Crippen LogP contribution in [0.25, 0.3) is 0 Å². The van der Waals surface area contributed by atoms with E-state index in [1.54, 1.807) is 0 Å². The maximum atomic E-state index is 6.02. The fourth-order valence-electron chi connectivity index (χ4n) is 1.06. The van der Waals surface area contributed by atoms with E-state index in [1.807, 2.05) is 25.1 Å². The van der Waals surface area contributed by atoms with E-state index in [9.17, 15) is 0 Å². The van der Waals surface area contributed by atoms with Gasteiger partial charge in [-0.2, -0.15) is 0 Å². The molecule has 1 aromatic carbocycles. The van der Waals surface area contributed by atoms with Gasteiger partial charge in [-0.3, -0.25) is 0 Å². The second-order valence-electron chi connectivity index (χ2n) is 2.59. The van der Waals surface area contributed by atoms with Crippen molar-refractivity contribution in [2.24, 2.45) is 5.73 Å². The van der Waals surface area contributed by atoms with Crippen LogP contribution in [0, 0.1) is 6.92 Å². The summed E-state index contributed by atoms with van der Waals surface area (Å²) in [5.74, 6) is 0. The Kier molecular flexibility index (Phi) is 5.31. The standard InChI is InChI=1S/C9H12ClN.ClH/c1-7-3-2-4-8(5-6-11)9(7)10;/h2-4H,5-6,11H2,1H3;1H. The van der Waals surface area contributed by atoms with Gasteiger partial charge in [0.15, 0.2) is 0 Å². The van der Waals surface area contributed by atoms with Crippen LogP contribution < -0.4 is 5.73 Å². The van der Waals surface area contributed by atoms with E-state index in [2.05, 4.69) is 0 Å². The molecular weight excluding hydrogens is 193 g/mol. The lowest BCUT2D eigenvalue weighted by Crippen LogP contribution is -2.03. The molecular formula is C9H13Cl2N. The summed E-state index contributed by atoms with van der Waals surface area (Å²) in [5, 5.41) is 0.859. The van der Waals surface area contributed by atoms with Gasteiger partial charge in [0.2, 0.25) is 0 Å². The molecule has 0 amide bonds. The minimum Gasteiger partial charge on any atom is -0.330 e. The molecule has 0 aliphatic rings. The summed E-state index contributed by atoms with van der Waals surface area (Å²) < 4.78 is 0. The molecule has 2 N–H and O–H groups in total. The number of nitrogens with two attached hydrogens (primary N) is 1. The largest absolute Gasteiger partial charge is 0.330 e. The summed E-state index contributed by atoms with van der Waals surface area (Å²) in [7, 11) is 0. The molecule has 3 heteroatoms. The van der Waals surface area contributed by atoms with Crippen molar-refractivity contribution < 1.29 is 0 Å². The number of halogens is 2. The zero-order valence-corrected chi connectivity index (χ0v) is 8.58. The van der Waals surface area contributed by atoms with E-state index in [0.717, 1.165) is 22.6 Å². The summed E-state index contributed by atoms with van der Waals surface area (Å²) in [5.41, 5.74) is 7.69. The fraction of sp³-hybridized carbons (Fsp3) is 0.333. The summed E-state index contributed by atoms with van der Waals surface area (Å²) >= 11 is 6.02. The highest BCUT2D eigenvalue weighted by molar-refractivity contribution is 6.32. The van der Waals surface area contributed by atoms with Gasteiger partial charge in [-0.15, -0.1) is 12.4 Å². The molecule has 68 valence electrons. The van der Waals surface area contributed by atoms with Gasteiger partial charge in [-0.25, -0.2) is 0 Å². The lowest BCUT2D eigenvalue weighted by Gasteiger charge is -2.03. The minimum absolute atomic E-state index is 0. The van der Waals surface area contributed by atoms with E-state index < -0.39 is 0 Å². The van der Waals surface area contributed by atoms with E-state index in [0.29, 0.717) is 6.54 Å². The Bertz CT molecular complexity index is 248. The molecule has 0 radical (unpaired) electrons. The number of rotatable bonds is 2. The molecule has 0 aliphatic heterocycles. The van der Waals surface area contributed by atoms with Crippen LogP contribution in [0.1, 0.15) is 11.1 Å². The molecule has 1 nitrogen and oxygen atoms in total. The van der Waals surface area contributed by atoms with Crippen molar-refractivity contribution >= 4 is 24.0 Å². The van der Waals surface area contributed by atoms with E-state index in [-0.39, 0.29) is 12.4 Å². The second-order valence-corrected chi connectivity index (χ2v) is 2.96. The van der Waals surface area contributed by atoms with Gasteiger partial charge in [0.1, 0.15) is 0 Å². The molecule has 0 aromatic heterocycles. The van der Waals surface area contributed by atoms with Crippen LogP contribution in [-0.2, 0) is 6.42 Å². The molecule has 1 rings (SSSR count). The third-order valence-electron chi connectivity index (χ3n) is 1.69. The predicted octanol–water partition coefficient (Wildman–Crippen LogP) is 2.57. The number of hydrogen-bond acceptors (Lipinski definition) is 1. The van der Waals surface area contributed by atoms with Gasteiger partial charge in [0, 0.05) is 5.02 Å². The first-order chi connectivity index (χ1) is 5.25. The van der Waals surface area contributed by atoms with Crippen LogP contribution in [0.5, 0.6) is 0 Å². The number of hydrogen-bond donors (Lipinski definition) is 1. The zero-order valence-electron chi connectivity index (χ0n) is 7.01. The van der Waals surface area contributed by atoms with Gasteiger partial charge >= 0.3 is 0 Å². The Labute approximate surface area is 84.3 Å². The van der Waals surface area contributed by atoms with Gasteiger partial charge in [-0.1, -0.05) is 29.8 Å². The molecule has 0 atom stereocenters. The second kappa shape index (κ2) is 5.41. The normalized spacial score (nSPS) is 9.25. The lowest BCUT2D eigenvalue weighted by molar-refractivity contribution is 0.967. The van der Waals surface area contributed by atoms with Crippen molar-refractivity contribution in [3.05, 3.63) is 34.3 Å². The van der Waals surface area contributed by atoms with E-state index in [4.69, 9.17) is 17.3 Å². The van der Waals surface area contributed by atoms with Crippen LogP contribution in [-0.4, -0.2) is 6.54 Å². The Balaban J connectivity index is 0.00000121. The Morgan fingerprint density at radius 1 is 1.42 bits per heavy atom. The van der Waals surface area contributed by atoms with Crippen molar-refractivity contribution in [1.82, 2.24) is 0 Å². The predicted molar refractivity (Wildman–Crippen MR) is 56.2 cm³/mol. The third kappa shape index (κ3) is 2.67. The molecule has 0 saturated carbocycles. The summed E-state index contributed by atoms with van der Waals surface area (Å²) in [6.07, 6.45) is 0.862. The first-order valence-corrected chi connectivity index (χ1v) is 4.07. The van der Waals surface area contributed by atoms with Crippen molar-refractivity contribution in [1.29, 1.82) is 0 Å². The van der Waals surface area contributed by atoms with Crippen molar-refractivity contribution in [2.75, 3.05) is 6.54 Å². The first kappa shape index (κ1) is 11.8. The monoisotopic (exact) mass is 205 g/mol. The smallest absolute Gasteiger partial charge is 0.0467 e. The zero-order chi connectivity index (χ0) is 8.27. The Morgan fingerprint density at radius 3 is 2.67 bits per heavy atom. The topological polar surface area (TPSA) is 26.0 Å². The van der Waals surface area contributed by atoms with Crippen molar-refractivity contribution in [3.8, 4) is 0 Å². The quantitative estimate of drug-likeness (QED) is 0.790. The van der Waals surface area contributed by atoms with Gasteiger partial charge in [0.25, 0.3) is 0 Å². The SMILES string of the molecule is Cc1cccc(CCN)c1Cl.Cl. The molecule has 0 bridgehead atoms. The molecule has 0 spiro atoms.